The van der Waals surface area contributed by atoms with Crippen molar-refractivity contribution >= 4 is 202 Å². The standard InChI is InChI=1S/C48H32N2O.C48H32N2S.C42H28N2S/c2*1-3-12-36(13-4-1)49(39-29-24-34(25-30-39)40-18-11-19-43-42-17-8-10-21-47(42)51-48(40)43)38-27-22-33(23-28-38)35-26-31-46-44(32-35)41-16-7-9-20-45(41)50(46)37-14-5-2-6-15-37;1-3-11-31(12-4-1)43(34-24-26-42-38(28-34)36-16-8-10-18-41(36)45-42)33-22-19-29(20-23-33)30-21-25-40-37(27-30)35-15-7-9-17-39(35)44(40)32-13-5-2-6-14-32/h2*1-32H;1-28H. The number of hydrogen-bond acceptors (Lipinski definition) is 6. The van der Waals surface area contributed by atoms with E-state index in [1.807, 2.05) is 34.8 Å². The lowest BCUT2D eigenvalue weighted by atomic mass is 10.0. The molecule has 147 heavy (non-hydrogen) atoms. The van der Waals surface area contributed by atoms with Crippen molar-refractivity contribution < 1.29 is 4.42 Å². The van der Waals surface area contributed by atoms with E-state index in [4.69, 9.17) is 4.42 Å². The van der Waals surface area contributed by atoms with E-state index in [2.05, 4.69) is 574 Å². The molecule has 0 N–H and O–H groups in total. The molecule has 6 aromatic heterocycles. The third-order valence-electron chi connectivity index (χ3n) is 28.8. The van der Waals surface area contributed by atoms with E-state index in [0.717, 1.165) is 84.3 Å². The van der Waals surface area contributed by atoms with Gasteiger partial charge in [-0.3, -0.25) is 0 Å². The Kier molecular flexibility index (Phi) is 22.2. The van der Waals surface area contributed by atoms with Gasteiger partial charge in [-0.05, 0) is 275 Å². The Labute approximate surface area is 858 Å². The molecular weight excluding hydrogens is 1820 g/mol. The minimum absolute atomic E-state index is 0.911. The predicted molar refractivity (Wildman–Crippen MR) is 627 cm³/mol. The van der Waals surface area contributed by atoms with Crippen molar-refractivity contribution in [1.82, 2.24) is 13.7 Å². The average Bonchev–Trinajstić information content (AvgIpc) is 1.61. The third-order valence-corrected chi connectivity index (χ3v) is 31.2. The molecule has 0 atom stereocenters. The quantitative estimate of drug-likeness (QED) is 0.0911. The van der Waals surface area contributed by atoms with Crippen molar-refractivity contribution in [1.29, 1.82) is 0 Å². The summed E-state index contributed by atoms with van der Waals surface area (Å²) in [6, 6.07) is 201. The van der Waals surface area contributed by atoms with E-state index in [1.165, 1.54) is 167 Å². The van der Waals surface area contributed by atoms with E-state index in [9.17, 15) is 0 Å². The zero-order valence-electron chi connectivity index (χ0n) is 80.0. The zero-order valence-corrected chi connectivity index (χ0v) is 81.7. The first-order chi connectivity index (χ1) is 72.9. The van der Waals surface area contributed by atoms with Crippen LogP contribution in [-0.2, 0) is 0 Å². The van der Waals surface area contributed by atoms with Gasteiger partial charge in [0.1, 0.15) is 11.2 Å². The number of thiophene rings is 2. The molecular formula is C138H92N6OS2. The fraction of sp³-hybridized carbons (Fsp3) is 0. The summed E-state index contributed by atoms with van der Waals surface area (Å²) >= 11 is 3.73. The minimum Gasteiger partial charge on any atom is -0.455 e. The number of fused-ring (bicyclic) bond motifs is 18. The van der Waals surface area contributed by atoms with E-state index in [-0.39, 0.29) is 0 Å². The number of rotatable bonds is 17. The van der Waals surface area contributed by atoms with Crippen LogP contribution in [0.5, 0.6) is 0 Å². The Morgan fingerprint density at radius 3 is 0.850 bits per heavy atom. The zero-order chi connectivity index (χ0) is 97.2. The topological polar surface area (TPSA) is 37.7 Å². The van der Waals surface area contributed by atoms with Gasteiger partial charge in [0.15, 0.2) is 0 Å². The van der Waals surface area contributed by atoms with Crippen LogP contribution in [0.25, 0.3) is 200 Å². The maximum atomic E-state index is 6.36. The molecule has 0 bridgehead atoms. The molecule has 0 spiro atoms. The Hall–Kier alpha value is -18.9. The fourth-order valence-electron chi connectivity index (χ4n) is 21.9. The van der Waals surface area contributed by atoms with Gasteiger partial charge in [-0.2, -0.15) is 0 Å². The molecule has 0 fully saturated rings. The molecule has 692 valence electrons. The highest BCUT2D eigenvalue weighted by atomic mass is 32.1. The highest BCUT2D eigenvalue weighted by Gasteiger charge is 2.24. The summed E-state index contributed by atoms with van der Waals surface area (Å²) in [5.74, 6) is 0. The van der Waals surface area contributed by atoms with E-state index >= 15 is 0 Å². The minimum atomic E-state index is 0.911. The highest BCUT2D eigenvalue weighted by molar-refractivity contribution is 7.26. The van der Waals surface area contributed by atoms with Gasteiger partial charge in [-0.1, -0.05) is 334 Å². The molecule has 29 aromatic rings. The van der Waals surface area contributed by atoms with Crippen LogP contribution in [0, 0.1) is 0 Å². The molecule has 0 amide bonds. The second kappa shape index (κ2) is 37.5. The van der Waals surface area contributed by atoms with E-state index in [1.54, 1.807) is 0 Å². The summed E-state index contributed by atoms with van der Waals surface area (Å²) in [4.78, 5) is 7.00. The number of nitrogens with zero attached hydrogens (tertiary/aromatic N) is 6. The van der Waals surface area contributed by atoms with Crippen molar-refractivity contribution in [3.05, 3.63) is 558 Å². The van der Waals surface area contributed by atoms with Crippen LogP contribution in [0.15, 0.2) is 563 Å². The lowest BCUT2D eigenvalue weighted by Gasteiger charge is -2.26. The largest absolute Gasteiger partial charge is 0.455 e. The Morgan fingerprint density at radius 2 is 0.435 bits per heavy atom. The van der Waals surface area contributed by atoms with Crippen molar-refractivity contribution in [2.75, 3.05) is 14.7 Å². The van der Waals surface area contributed by atoms with Crippen molar-refractivity contribution in [3.63, 3.8) is 0 Å². The number of benzene rings is 23. The molecule has 29 rings (SSSR count). The molecule has 0 aliphatic rings. The van der Waals surface area contributed by atoms with Gasteiger partial charge in [0, 0.05) is 157 Å². The number of aromatic nitrogens is 3. The van der Waals surface area contributed by atoms with Crippen molar-refractivity contribution in [3.8, 4) is 72.7 Å². The molecule has 0 radical (unpaired) electrons. The molecule has 0 aliphatic heterocycles. The van der Waals surface area contributed by atoms with Crippen molar-refractivity contribution in [2.24, 2.45) is 0 Å². The van der Waals surface area contributed by atoms with Crippen LogP contribution in [0.4, 0.5) is 51.2 Å². The number of furan rings is 1. The van der Waals surface area contributed by atoms with Gasteiger partial charge in [-0.25, -0.2) is 0 Å². The molecule has 23 aromatic carbocycles. The van der Waals surface area contributed by atoms with Gasteiger partial charge in [0.05, 0.1) is 33.1 Å². The summed E-state index contributed by atoms with van der Waals surface area (Å²) in [7, 11) is 0. The summed E-state index contributed by atoms with van der Waals surface area (Å²) in [5, 5.41) is 15.1. The van der Waals surface area contributed by atoms with Crippen molar-refractivity contribution in [2.45, 2.75) is 0 Å². The van der Waals surface area contributed by atoms with E-state index in [0.29, 0.717) is 0 Å². The first kappa shape index (κ1) is 87.1. The van der Waals surface area contributed by atoms with Crippen LogP contribution in [0.1, 0.15) is 0 Å². The van der Waals surface area contributed by atoms with Gasteiger partial charge in [0.25, 0.3) is 0 Å². The van der Waals surface area contributed by atoms with Crippen LogP contribution in [0.3, 0.4) is 0 Å². The molecule has 9 heteroatoms. The molecule has 6 heterocycles. The number of para-hydroxylation sites is 11. The van der Waals surface area contributed by atoms with Gasteiger partial charge < -0.3 is 32.8 Å². The lowest BCUT2D eigenvalue weighted by Crippen LogP contribution is -2.09. The molecule has 0 unspecified atom stereocenters. The SMILES string of the molecule is c1ccc(N(c2ccc(-c3ccc4c(c3)c3ccccc3n4-c3ccccc3)cc2)c2ccc(-c3cccc4c3oc3ccccc34)cc2)cc1.c1ccc(N(c2ccc(-c3ccc4c(c3)c3ccccc3n4-c3ccccc3)cc2)c2ccc(-c3cccc4c3sc3ccccc34)cc2)cc1.c1ccc(N(c2ccc(-c3ccc4c(c3)c3ccccc3n4-c3ccccc3)cc2)c2ccc3sc4ccccc4c3c2)cc1. The summed E-state index contributed by atoms with van der Waals surface area (Å²) in [6.45, 7) is 0. The van der Waals surface area contributed by atoms with E-state index < -0.39 is 0 Å². The fourth-order valence-corrected chi connectivity index (χ4v) is 24.2. The molecule has 0 aliphatic carbocycles. The Morgan fingerprint density at radius 1 is 0.156 bits per heavy atom. The van der Waals surface area contributed by atoms with Crippen LogP contribution in [0.2, 0.25) is 0 Å². The summed E-state index contributed by atoms with van der Waals surface area (Å²) in [6.07, 6.45) is 0. The van der Waals surface area contributed by atoms with Gasteiger partial charge >= 0.3 is 0 Å². The van der Waals surface area contributed by atoms with Crippen LogP contribution >= 0.6 is 22.7 Å². The monoisotopic (exact) mass is 1910 g/mol. The first-order valence-electron chi connectivity index (χ1n) is 50.0. The third kappa shape index (κ3) is 16.0. The van der Waals surface area contributed by atoms with Gasteiger partial charge in [-0.15, -0.1) is 22.7 Å². The number of hydrogen-bond donors (Lipinski definition) is 0. The first-order valence-corrected chi connectivity index (χ1v) is 51.6. The van der Waals surface area contributed by atoms with Gasteiger partial charge in [0.2, 0.25) is 0 Å². The predicted octanol–water partition coefficient (Wildman–Crippen LogP) is 39.7. The summed E-state index contributed by atoms with van der Waals surface area (Å²) in [5.41, 5.74) is 34.6. The Bertz CT molecular complexity index is 9560. The molecule has 0 saturated carbocycles. The highest BCUT2D eigenvalue weighted by Crippen LogP contribution is 2.49. The lowest BCUT2D eigenvalue weighted by molar-refractivity contribution is 0.670. The second-order valence-electron chi connectivity index (χ2n) is 37.3. The Balaban J connectivity index is 0.000000109. The summed E-state index contributed by atoms with van der Waals surface area (Å²) < 4.78 is 18.7. The smallest absolute Gasteiger partial charge is 0.143 e. The molecule has 7 nitrogen and oxygen atoms in total. The normalized spacial score (nSPS) is 11.5. The maximum absolute atomic E-state index is 6.36. The molecule has 0 saturated heterocycles. The average molecular weight is 1910 g/mol. The maximum Gasteiger partial charge on any atom is 0.143 e. The second-order valence-corrected chi connectivity index (χ2v) is 39.5. The van der Waals surface area contributed by atoms with Crippen LogP contribution < -0.4 is 14.7 Å². The van der Waals surface area contributed by atoms with Crippen LogP contribution in [-0.4, -0.2) is 13.7 Å². The number of anilines is 9.